The van der Waals surface area contributed by atoms with Crippen LogP contribution in [0.25, 0.3) is 0 Å². The van der Waals surface area contributed by atoms with Crippen molar-refractivity contribution in [3.8, 4) is 0 Å². The number of amides is 1. The van der Waals surface area contributed by atoms with Crippen LogP contribution >= 0.6 is 0 Å². The van der Waals surface area contributed by atoms with Gasteiger partial charge in [0.05, 0.1) is 12.1 Å². The van der Waals surface area contributed by atoms with Crippen molar-refractivity contribution in [1.82, 2.24) is 5.32 Å². The van der Waals surface area contributed by atoms with Crippen LogP contribution in [0.5, 0.6) is 0 Å². The molecule has 2 aromatic rings. The third-order valence-corrected chi connectivity index (χ3v) is 3.81. The lowest BCUT2D eigenvalue weighted by Crippen LogP contribution is -2.41. The van der Waals surface area contributed by atoms with E-state index in [9.17, 15) is 4.79 Å². The summed E-state index contributed by atoms with van der Waals surface area (Å²) in [4.78, 5) is 12.3. The average Bonchev–Trinajstić information content (AvgIpc) is 3.25. The molecule has 0 aliphatic carbocycles. The highest BCUT2D eigenvalue weighted by Crippen LogP contribution is 2.27. The number of rotatable bonds is 5. The van der Waals surface area contributed by atoms with Crippen LogP contribution in [0.15, 0.2) is 60.7 Å². The molecular weight excluding hydrogens is 262 g/mol. The molecular formula is C18H19NO2. The number of carbonyl (C=O) groups is 1. The van der Waals surface area contributed by atoms with Crippen molar-refractivity contribution in [3.05, 3.63) is 71.8 Å². The molecule has 1 saturated heterocycles. The van der Waals surface area contributed by atoms with Gasteiger partial charge in [0.25, 0.3) is 5.91 Å². The Hall–Kier alpha value is -2.13. The summed E-state index contributed by atoms with van der Waals surface area (Å²) in [6.07, 6.45) is 1.11. The molecule has 3 rings (SSSR count). The van der Waals surface area contributed by atoms with Crippen molar-refractivity contribution in [3.63, 3.8) is 0 Å². The lowest BCUT2D eigenvalue weighted by molar-refractivity contribution is 0.0929. The van der Waals surface area contributed by atoms with Crippen molar-refractivity contribution in [1.29, 1.82) is 0 Å². The SMILES string of the molecule is C[C@H]1O[C@H]1[C@@H](Cc1ccccc1)NC(=O)c1ccccc1. The van der Waals surface area contributed by atoms with Gasteiger partial charge in [0.1, 0.15) is 6.10 Å². The summed E-state index contributed by atoms with van der Waals surface area (Å²) >= 11 is 0. The standard InChI is InChI=1S/C18H19NO2/c1-13-17(21-13)16(12-14-8-4-2-5-9-14)19-18(20)15-10-6-3-7-11-15/h2-11,13,16-17H,12H2,1H3,(H,19,20)/t13-,16-,17-/m1/s1. The van der Waals surface area contributed by atoms with E-state index >= 15 is 0 Å². The van der Waals surface area contributed by atoms with Crippen LogP contribution in [-0.4, -0.2) is 24.2 Å². The van der Waals surface area contributed by atoms with Crippen LogP contribution in [0, 0.1) is 0 Å². The van der Waals surface area contributed by atoms with Gasteiger partial charge < -0.3 is 10.1 Å². The van der Waals surface area contributed by atoms with Gasteiger partial charge in [0.2, 0.25) is 0 Å². The maximum atomic E-state index is 12.3. The molecule has 3 atom stereocenters. The maximum absolute atomic E-state index is 12.3. The smallest absolute Gasteiger partial charge is 0.251 e. The Balaban J connectivity index is 1.70. The van der Waals surface area contributed by atoms with Gasteiger partial charge in [0, 0.05) is 5.56 Å². The largest absolute Gasteiger partial charge is 0.368 e. The van der Waals surface area contributed by atoms with Gasteiger partial charge in [-0.05, 0) is 31.0 Å². The van der Waals surface area contributed by atoms with Crippen LogP contribution in [0.3, 0.4) is 0 Å². The second-order valence-electron chi connectivity index (χ2n) is 5.44. The summed E-state index contributed by atoms with van der Waals surface area (Å²) in [6.45, 7) is 2.04. The molecule has 0 aromatic heterocycles. The molecule has 1 aliphatic heterocycles. The molecule has 3 nitrogen and oxygen atoms in total. The molecule has 21 heavy (non-hydrogen) atoms. The van der Waals surface area contributed by atoms with E-state index in [1.54, 1.807) is 0 Å². The molecule has 108 valence electrons. The lowest BCUT2D eigenvalue weighted by Gasteiger charge is -2.17. The van der Waals surface area contributed by atoms with E-state index in [1.165, 1.54) is 5.56 Å². The summed E-state index contributed by atoms with van der Waals surface area (Å²) in [5, 5.41) is 3.11. The van der Waals surface area contributed by atoms with Crippen molar-refractivity contribution >= 4 is 5.91 Å². The summed E-state index contributed by atoms with van der Waals surface area (Å²) in [5.74, 6) is -0.0424. The molecule has 0 spiro atoms. The first-order chi connectivity index (χ1) is 10.2. The third-order valence-electron chi connectivity index (χ3n) is 3.81. The Morgan fingerprint density at radius 2 is 1.67 bits per heavy atom. The Morgan fingerprint density at radius 3 is 2.24 bits per heavy atom. The highest BCUT2D eigenvalue weighted by Gasteiger charge is 2.42. The molecule has 3 heteroatoms. The van der Waals surface area contributed by atoms with Crippen molar-refractivity contribution in [2.24, 2.45) is 0 Å². The first-order valence-electron chi connectivity index (χ1n) is 7.29. The lowest BCUT2D eigenvalue weighted by atomic mass is 10.0. The van der Waals surface area contributed by atoms with Gasteiger partial charge in [0.15, 0.2) is 0 Å². The molecule has 1 fully saturated rings. The second-order valence-corrected chi connectivity index (χ2v) is 5.44. The number of hydrogen-bond donors (Lipinski definition) is 1. The normalized spacial score (nSPS) is 21.6. The van der Waals surface area contributed by atoms with Gasteiger partial charge >= 0.3 is 0 Å². The van der Waals surface area contributed by atoms with Crippen LogP contribution in [0.2, 0.25) is 0 Å². The fourth-order valence-corrected chi connectivity index (χ4v) is 2.58. The van der Waals surface area contributed by atoms with Gasteiger partial charge in [-0.15, -0.1) is 0 Å². The molecule has 2 aromatic carbocycles. The predicted octanol–water partition coefficient (Wildman–Crippen LogP) is 2.82. The quantitative estimate of drug-likeness (QED) is 0.856. The maximum Gasteiger partial charge on any atom is 0.251 e. The molecule has 1 amide bonds. The fraction of sp³-hybridized carbons (Fsp3) is 0.278. The minimum atomic E-state index is -0.0424. The van der Waals surface area contributed by atoms with Gasteiger partial charge in [-0.1, -0.05) is 48.5 Å². The molecule has 0 radical (unpaired) electrons. The van der Waals surface area contributed by atoms with Crippen molar-refractivity contribution in [2.75, 3.05) is 0 Å². The monoisotopic (exact) mass is 281 g/mol. The Morgan fingerprint density at radius 1 is 1.10 bits per heavy atom. The van der Waals surface area contributed by atoms with E-state index in [1.807, 2.05) is 55.5 Å². The predicted molar refractivity (Wildman–Crippen MR) is 82.2 cm³/mol. The minimum absolute atomic E-state index is 0.00936. The van der Waals surface area contributed by atoms with E-state index in [0.29, 0.717) is 5.56 Å². The van der Waals surface area contributed by atoms with Crippen LogP contribution in [0.1, 0.15) is 22.8 Å². The zero-order valence-corrected chi connectivity index (χ0v) is 12.0. The number of ether oxygens (including phenoxy) is 1. The van der Waals surface area contributed by atoms with E-state index in [0.717, 1.165) is 6.42 Å². The average molecular weight is 281 g/mol. The summed E-state index contributed by atoms with van der Waals surface area (Å²) in [7, 11) is 0. The molecule has 1 heterocycles. The van der Waals surface area contributed by atoms with Gasteiger partial charge in [-0.2, -0.15) is 0 Å². The van der Waals surface area contributed by atoms with E-state index in [2.05, 4.69) is 17.4 Å². The molecule has 0 saturated carbocycles. The fourth-order valence-electron chi connectivity index (χ4n) is 2.58. The first kappa shape index (κ1) is 13.8. The molecule has 1 N–H and O–H groups in total. The number of epoxide rings is 1. The topological polar surface area (TPSA) is 41.6 Å². The molecule has 1 aliphatic rings. The Bertz CT molecular complexity index is 597. The second kappa shape index (κ2) is 6.10. The first-order valence-corrected chi connectivity index (χ1v) is 7.29. The van der Waals surface area contributed by atoms with E-state index in [-0.39, 0.29) is 24.2 Å². The Labute approximate surface area is 124 Å². The van der Waals surface area contributed by atoms with Crippen LogP contribution in [0.4, 0.5) is 0 Å². The zero-order chi connectivity index (χ0) is 14.7. The minimum Gasteiger partial charge on any atom is -0.368 e. The zero-order valence-electron chi connectivity index (χ0n) is 12.0. The van der Waals surface area contributed by atoms with E-state index in [4.69, 9.17) is 4.74 Å². The van der Waals surface area contributed by atoms with Crippen LogP contribution in [-0.2, 0) is 11.2 Å². The van der Waals surface area contributed by atoms with Crippen molar-refractivity contribution < 1.29 is 9.53 Å². The summed E-state index contributed by atoms with van der Waals surface area (Å²) < 4.78 is 5.57. The van der Waals surface area contributed by atoms with Crippen molar-refractivity contribution in [2.45, 2.75) is 31.6 Å². The summed E-state index contributed by atoms with van der Waals surface area (Å²) in [5.41, 5.74) is 1.89. The Kier molecular flexibility index (Phi) is 4.02. The van der Waals surface area contributed by atoms with Gasteiger partial charge in [-0.3, -0.25) is 4.79 Å². The number of carbonyl (C=O) groups excluding carboxylic acids is 1. The van der Waals surface area contributed by atoms with E-state index < -0.39 is 0 Å². The van der Waals surface area contributed by atoms with Gasteiger partial charge in [-0.25, -0.2) is 0 Å². The highest BCUT2D eigenvalue weighted by atomic mass is 16.6. The number of nitrogens with one attached hydrogen (secondary N) is 1. The third kappa shape index (κ3) is 3.50. The molecule has 0 bridgehead atoms. The number of hydrogen-bond acceptors (Lipinski definition) is 2. The summed E-state index contributed by atoms with van der Waals surface area (Å²) in [6, 6.07) is 19.5. The highest BCUT2D eigenvalue weighted by molar-refractivity contribution is 5.94. The molecule has 0 unspecified atom stereocenters. The number of benzene rings is 2. The van der Waals surface area contributed by atoms with Crippen LogP contribution < -0.4 is 5.32 Å².